The predicted octanol–water partition coefficient (Wildman–Crippen LogP) is 2.67. The van der Waals surface area contributed by atoms with E-state index < -0.39 is 0 Å². The normalized spacial score (nSPS) is 16.9. The second-order valence-corrected chi connectivity index (χ2v) is 7.45. The maximum Gasteiger partial charge on any atom is 0.246 e. The molecule has 0 spiro atoms. The zero-order valence-electron chi connectivity index (χ0n) is 17.0. The summed E-state index contributed by atoms with van der Waals surface area (Å²) in [7, 11) is 3.96. The maximum absolute atomic E-state index is 12.4. The number of pyridine rings is 1. The van der Waals surface area contributed by atoms with E-state index in [0.29, 0.717) is 12.4 Å². The number of aryl methyl sites for hydroxylation is 2. The second-order valence-electron chi connectivity index (χ2n) is 7.45. The van der Waals surface area contributed by atoms with Crippen LogP contribution in [0.25, 0.3) is 0 Å². The van der Waals surface area contributed by atoms with E-state index in [9.17, 15) is 4.79 Å². The molecule has 0 aromatic carbocycles. The van der Waals surface area contributed by atoms with E-state index >= 15 is 0 Å². The number of aromatic nitrogens is 3. The summed E-state index contributed by atoms with van der Waals surface area (Å²) in [6, 6.07) is 5.89. The van der Waals surface area contributed by atoms with Gasteiger partial charge in [-0.25, -0.2) is 15.0 Å². The van der Waals surface area contributed by atoms with E-state index in [1.165, 1.54) is 0 Å². The van der Waals surface area contributed by atoms with Gasteiger partial charge in [0.1, 0.15) is 17.5 Å². The summed E-state index contributed by atoms with van der Waals surface area (Å²) in [5, 5.41) is 3.29. The average Bonchev–Trinajstić information content (AvgIpc) is 3.13. The van der Waals surface area contributed by atoms with Crippen molar-refractivity contribution in [1.82, 2.24) is 24.8 Å². The van der Waals surface area contributed by atoms with Crippen molar-refractivity contribution in [3.05, 3.63) is 53.6 Å². The second kappa shape index (κ2) is 8.93. The quantitative estimate of drug-likeness (QED) is 0.777. The van der Waals surface area contributed by atoms with Gasteiger partial charge in [0.2, 0.25) is 5.91 Å². The Labute approximate surface area is 166 Å². The smallest absolute Gasteiger partial charge is 0.246 e. The lowest BCUT2D eigenvalue weighted by Gasteiger charge is -2.15. The zero-order valence-corrected chi connectivity index (χ0v) is 17.0. The first-order valence-corrected chi connectivity index (χ1v) is 9.57. The number of carbonyl (C=O) groups excluding carboxylic acids is 1. The number of hydrogen-bond donors (Lipinski definition) is 1. The van der Waals surface area contributed by atoms with Crippen molar-refractivity contribution in [1.29, 1.82) is 0 Å². The molecule has 1 saturated heterocycles. The maximum atomic E-state index is 12.4. The number of nitrogens with one attached hydrogen (secondary N) is 1. The van der Waals surface area contributed by atoms with Crippen molar-refractivity contribution >= 4 is 17.5 Å². The highest BCUT2D eigenvalue weighted by molar-refractivity contribution is 5.87. The Balaban J connectivity index is 1.69. The van der Waals surface area contributed by atoms with Gasteiger partial charge >= 0.3 is 0 Å². The standard InChI is InChI=1S/C21H28N6O/c1-15-7-5-10-22-21(15)25-19-13-18(23-16(2)24-19)17-9-12-27(14-17)20(28)8-6-11-26(3)4/h5-8,10,13,17H,9,11-12,14H2,1-4H3,(H,22,23,24,25)/b8-6+. The number of likely N-dealkylation sites (tertiary alicyclic amines) is 1. The van der Waals surface area contributed by atoms with Gasteiger partial charge in [0.25, 0.3) is 0 Å². The first kappa shape index (κ1) is 19.9. The minimum Gasteiger partial charge on any atom is -0.338 e. The van der Waals surface area contributed by atoms with Crippen molar-refractivity contribution in [3.63, 3.8) is 0 Å². The van der Waals surface area contributed by atoms with Gasteiger partial charge in [0.15, 0.2) is 0 Å². The van der Waals surface area contributed by atoms with Crippen LogP contribution in [-0.4, -0.2) is 64.4 Å². The van der Waals surface area contributed by atoms with Crippen LogP contribution in [0.1, 0.15) is 29.4 Å². The van der Waals surface area contributed by atoms with Gasteiger partial charge < -0.3 is 15.1 Å². The van der Waals surface area contributed by atoms with Crippen LogP contribution in [0.2, 0.25) is 0 Å². The van der Waals surface area contributed by atoms with Crippen LogP contribution in [0.3, 0.4) is 0 Å². The lowest BCUT2D eigenvalue weighted by atomic mass is 10.0. The summed E-state index contributed by atoms with van der Waals surface area (Å²) in [6.45, 7) is 6.09. The Kier molecular flexibility index (Phi) is 6.36. The molecule has 28 heavy (non-hydrogen) atoms. The molecule has 1 aliphatic rings. The van der Waals surface area contributed by atoms with Gasteiger partial charge in [-0.15, -0.1) is 0 Å². The highest BCUT2D eigenvalue weighted by Crippen LogP contribution is 2.28. The largest absolute Gasteiger partial charge is 0.338 e. The van der Waals surface area contributed by atoms with Crippen LogP contribution in [0.15, 0.2) is 36.5 Å². The van der Waals surface area contributed by atoms with Crippen LogP contribution in [-0.2, 0) is 4.79 Å². The number of amides is 1. The van der Waals surface area contributed by atoms with Crippen molar-refractivity contribution in [2.75, 3.05) is 39.0 Å². The molecule has 1 amide bonds. The molecule has 1 aliphatic heterocycles. The zero-order chi connectivity index (χ0) is 20.1. The molecule has 1 atom stereocenters. The van der Waals surface area contributed by atoms with Gasteiger partial charge in [-0.2, -0.15) is 0 Å². The molecule has 7 heteroatoms. The third-order valence-electron chi connectivity index (χ3n) is 4.76. The number of rotatable bonds is 6. The van der Waals surface area contributed by atoms with Gasteiger partial charge in [0.05, 0.1) is 5.69 Å². The van der Waals surface area contributed by atoms with E-state index in [1.807, 2.05) is 62.0 Å². The number of nitrogens with zero attached hydrogens (tertiary/aromatic N) is 5. The molecule has 0 aliphatic carbocycles. The van der Waals surface area contributed by atoms with Crippen LogP contribution in [0.4, 0.5) is 11.6 Å². The minimum atomic E-state index is 0.0672. The van der Waals surface area contributed by atoms with Crippen LogP contribution >= 0.6 is 0 Å². The highest BCUT2D eigenvalue weighted by atomic mass is 16.2. The van der Waals surface area contributed by atoms with E-state index in [0.717, 1.165) is 42.4 Å². The van der Waals surface area contributed by atoms with Crippen LogP contribution in [0.5, 0.6) is 0 Å². The highest BCUT2D eigenvalue weighted by Gasteiger charge is 2.27. The van der Waals surface area contributed by atoms with Gasteiger partial charge in [-0.3, -0.25) is 4.79 Å². The SMILES string of the molecule is Cc1nc(Nc2ncccc2C)cc(C2CCN(C(=O)/C=C/CN(C)C)C2)n1. The van der Waals surface area contributed by atoms with Gasteiger partial charge in [-0.05, 0) is 46.0 Å². The van der Waals surface area contributed by atoms with Crippen molar-refractivity contribution < 1.29 is 4.79 Å². The molecule has 2 aromatic rings. The molecule has 0 radical (unpaired) electrons. The molecule has 0 bridgehead atoms. The molecule has 3 rings (SSSR count). The lowest BCUT2D eigenvalue weighted by Crippen LogP contribution is -2.27. The molecule has 1 unspecified atom stereocenters. The topological polar surface area (TPSA) is 74.2 Å². The third kappa shape index (κ3) is 5.13. The molecule has 7 nitrogen and oxygen atoms in total. The average molecular weight is 380 g/mol. The number of carbonyl (C=O) groups is 1. The summed E-state index contributed by atoms with van der Waals surface area (Å²) in [5.41, 5.74) is 2.03. The summed E-state index contributed by atoms with van der Waals surface area (Å²) >= 11 is 0. The predicted molar refractivity (Wildman–Crippen MR) is 111 cm³/mol. The fourth-order valence-corrected chi connectivity index (χ4v) is 3.27. The van der Waals surface area contributed by atoms with E-state index in [4.69, 9.17) is 0 Å². The van der Waals surface area contributed by atoms with Crippen LogP contribution < -0.4 is 5.32 Å². The lowest BCUT2D eigenvalue weighted by molar-refractivity contribution is -0.125. The fraction of sp³-hybridized carbons (Fsp3) is 0.429. The Morgan fingerprint density at radius 2 is 2.18 bits per heavy atom. The molecule has 3 heterocycles. The van der Waals surface area contributed by atoms with Gasteiger partial charge in [0, 0.05) is 43.9 Å². The molecule has 2 aromatic heterocycles. The Morgan fingerprint density at radius 1 is 1.36 bits per heavy atom. The van der Waals surface area contributed by atoms with E-state index in [2.05, 4.69) is 20.3 Å². The molecular weight excluding hydrogens is 352 g/mol. The summed E-state index contributed by atoms with van der Waals surface area (Å²) in [5.74, 6) is 2.53. The van der Waals surface area contributed by atoms with Crippen LogP contribution in [0, 0.1) is 13.8 Å². The monoisotopic (exact) mass is 380 g/mol. The van der Waals surface area contributed by atoms with Gasteiger partial charge in [-0.1, -0.05) is 12.1 Å². The summed E-state index contributed by atoms with van der Waals surface area (Å²) in [6.07, 6.45) is 6.24. The number of anilines is 2. The molecule has 0 saturated carbocycles. The van der Waals surface area contributed by atoms with Crippen molar-refractivity contribution in [2.45, 2.75) is 26.2 Å². The minimum absolute atomic E-state index is 0.0672. The van der Waals surface area contributed by atoms with Crippen molar-refractivity contribution in [3.8, 4) is 0 Å². The first-order chi connectivity index (χ1) is 13.4. The summed E-state index contributed by atoms with van der Waals surface area (Å²) < 4.78 is 0. The Hall–Kier alpha value is -2.80. The summed E-state index contributed by atoms with van der Waals surface area (Å²) in [4.78, 5) is 29.8. The van der Waals surface area contributed by atoms with E-state index in [1.54, 1.807) is 12.3 Å². The molecule has 1 N–H and O–H groups in total. The van der Waals surface area contributed by atoms with Crippen molar-refractivity contribution in [2.24, 2.45) is 0 Å². The first-order valence-electron chi connectivity index (χ1n) is 9.57. The molecule has 1 fully saturated rings. The molecular formula is C21H28N6O. The number of hydrogen-bond acceptors (Lipinski definition) is 6. The Bertz CT molecular complexity index is 864. The van der Waals surface area contributed by atoms with E-state index in [-0.39, 0.29) is 11.8 Å². The molecule has 148 valence electrons. The Morgan fingerprint density at radius 3 is 2.93 bits per heavy atom. The fourth-order valence-electron chi connectivity index (χ4n) is 3.27. The third-order valence-corrected chi connectivity index (χ3v) is 4.76. The number of likely N-dealkylation sites (N-methyl/N-ethyl adjacent to an activating group) is 1.